The Bertz CT molecular complexity index is 539. The molecule has 2 aromatic rings. The average Bonchev–Trinajstić information content (AvgIpc) is 2.66. The van der Waals surface area contributed by atoms with Gasteiger partial charge in [0.05, 0.1) is 5.69 Å². The fourth-order valence-electron chi connectivity index (χ4n) is 1.99. The van der Waals surface area contributed by atoms with Crippen LogP contribution in [0.1, 0.15) is 24.1 Å². The van der Waals surface area contributed by atoms with Crippen LogP contribution in [-0.2, 0) is 12.8 Å². The van der Waals surface area contributed by atoms with Crippen LogP contribution in [0.4, 0.5) is 0 Å². The molecule has 2 heterocycles. The molecule has 0 aliphatic heterocycles. The van der Waals surface area contributed by atoms with E-state index in [0.717, 1.165) is 36.9 Å². The Morgan fingerprint density at radius 3 is 3.14 bits per heavy atom. The van der Waals surface area contributed by atoms with Crippen molar-refractivity contribution in [2.24, 2.45) is 0 Å². The van der Waals surface area contributed by atoms with Gasteiger partial charge in [0.25, 0.3) is 11.3 Å². The summed E-state index contributed by atoms with van der Waals surface area (Å²) >= 11 is 0. The van der Waals surface area contributed by atoms with Gasteiger partial charge >= 0.3 is 0 Å². The lowest BCUT2D eigenvalue weighted by Crippen LogP contribution is -2.24. The fraction of sp³-hybridized carbons (Fsp3) is 0.444. The minimum atomic E-state index is 0.0159. The Balaban J connectivity index is 2.42. The first kappa shape index (κ1) is 7.73. The summed E-state index contributed by atoms with van der Waals surface area (Å²) < 4.78 is 1.41. The van der Waals surface area contributed by atoms with Crippen LogP contribution in [-0.4, -0.2) is 19.6 Å². The first-order chi connectivity index (χ1) is 6.86. The van der Waals surface area contributed by atoms with Gasteiger partial charge in [-0.2, -0.15) is 4.52 Å². The minimum Gasteiger partial charge on any atom is -0.278 e. The Morgan fingerprint density at radius 1 is 1.36 bits per heavy atom. The molecule has 14 heavy (non-hydrogen) atoms. The summed E-state index contributed by atoms with van der Waals surface area (Å²) in [5.74, 6) is 0.482. The normalized spacial score (nSPS) is 15.7. The second-order valence-corrected chi connectivity index (χ2v) is 3.57. The van der Waals surface area contributed by atoms with Crippen molar-refractivity contribution >= 4 is 5.78 Å². The van der Waals surface area contributed by atoms with E-state index in [9.17, 15) is 4.79 Å². The number of nitrogens with one attached hydrogen (secondary N) is 1. The zero-order valence-corrected chi connectivity index (χ0v) is 7.66. The molecule has 0 amide bonds. The predicted molar refractivity (Wildman–Crippen MR) is 50.2 cm³/mol. The molecule has 0 radical (unpaired) electrons. The van der Waals surface area contributed by atoms with Gasteiger partial charge in [0.2, 0.25) is 0 Å². The summed E-state index contributed by atoms with van der Waals surface area (Å²) in [7, 11) is 0. The van der Waals surface area contributed by atoms with Crippen molar-refractivity contribution in [2.75, 3.05) is 0 Å². The maximum absolute atomic E-state index is 11.9. The number of aryl methyl sites for hydroxylation is 1. The van der Waals surface area contributed by atoms with Crippen molar-refractivity contribution in [3.8, 4) is 0 Å². The van der Waals surface area contributed by atoms with E-state index in [-0.39, 0.29) is 5.56 Å². The highest BCUT2D eigenvalue weighted by Crippen LogP contribution is 2.15. The van der Waals surface area contributed by atoms with Gasteiger partial charge in [0.1, 0.15) is 6.33 Å². The maximum Gasteiger partial charge on any atom is 0.277 e. The highest BCUT2D eigenvalue weighted by atomic mass is 16.1. The predicted octanol–water partition coefficient (Wildman–Crippen LogP) is 0.296. The summed E-state index contributed by atoms with van der Waals surface area (Å²) in [4.78, 5) is 20.2. The lowest BCUT2D eigenvalue weighted by molar-refractivity contribution is 0.650. The van der Waals surface area contributed by atoms with Gasteiger partial charge in [0, 0.05) is 5.56 Å². The van der Waals surface area contributed by atoms with Crippen molar-refractivity contribution in [3.63, 3.8) is 0 Å². The quantitative estimate of drug-likeness (QED) is 0.649. The Hall–Kier alpha value is -1.65. The van der Waals surface area contributed by atoms with Gasteiger partial charge in [-0.05, 0) is 25.7 Å². The van der Waals surface area contributed by atoms with Crippen molar-refractivity contribution in [1.29, 1.82) is 0 Å². The largest absolute Gasteiger partial charge is 0.278 e. The Labute approximate surface area is 79.8 Å². The van der Waals surface area contributed by atoms with E-state index in [0.29, 0.717) is 5.78 Å². The van der Waals surface area contributed by atoms with Crippen LogP contribution < -0.4 is 5.56 Å². The van der Waals surface area contributed by atoms with Crippen LogP contribution in [0.15, 0.2) is 11.1 Å². The molecule has 0 atom stereocenters. The van der Waals surface area contributed by atoms with E-state index in [4.69, 9.17) is 0 Å². The van der Waals surface area contributed by atoms with Gasteiger partial charge in [-0.15, -0.1) is 0 Å². The second kappa shape index (κ2) is 2.67. The first-order valence-corrected chi connectivity index (χ1v) is 4.80. The molecule has 72 valence electrons. The molecular formula is C9H10N4O. The Morgan fingerprint density at radius 2 is 2.21 bits per heavy atom. The highest BCUT2D eigenvalue weighted by molar-refractivity contribution is 5.32. The minimum absolute atomic E-state index is 0.0159. The summed E-state index contributed by atoms with van der Waals surface area (Å²) in [6, 6.07) is 0. The smallest absolute Gasteiger partial charge is 0.277 e. The fourth-order valence-corrected chi connectivity index (χ4v) is 1.99. The molecule has 0 aromatic carbocycles. The first-order valence-electron chi connectivity index (χ1n) is 4.80. The number of H-pyrrole nitrogens is 1. The van der Waals surface area contributed by atoms with Gasteiger partial charge in [0.15, 0.2) is 0 Å². The molecule has 1 aliphatic rings. The number of hydrogen-bond donors (Lipinski definition) is 1. The molecule has 5 heteroatoms. The third-order valence-corrected chi connectivity index (χ3v) is 2.70. The van der Waals surface area contributed by atoms with Crippen LogP contribution in [0.2, 0.25) is 0 Å². The zero-order chi connectivity index (χ0) is 9.54. The molecular weight excluding hydrogens is 180 g/mol. The van der Waals surface area contributed by atoms with Crippen LogP contribution in [0, 0.1) is 0 Å². The van der Waals surface area contributed by atoms with Crippen LogP contribution in [0.5, 0.6) is 0 Å². The summed E-state index contributed by atoms with van der Waals surface area (Å²) in [6.07, 6.45) is 5.47. The standard InChI is InChI=1S/C9H10N4O/c14-8-6-3-1-2-4-7(6)12-9-10-5-11-13(8)9/h5H,1-4H2,(H,10,11,12). The molecule has 0 fully saturated rings. The molecule has 1 aliphatic carbocycles. The van der Waals surface area contributed by atoms with Gasteiger partial charge in [-0.1, -0.05) is 0 Å². The lowest BCUT2D eigenvalue weighted by Gasteiger charge is -2.12. The van der Waals surface area contributed by atoms with Gasteiger partial charge < -0.3 is 0 Å². The van der Waals surface area contributed by atoms with Crippen molar-refractivity contribution in [2.45, 2.75) is 25.7 Å². The lowest BCUT2D eigenvalue weighted by atomic mass is 9.97. The third kappa shape index (κ3) is 0.921. The maximum atomic E-state index is 11.9. The van der Waals surface area contributed by atoms with Gasteiger partial charge in [-0.25, -0.2) is 9.97 Å². The number of fused-ring (bicyclic) bond motifs is 2. The number of hydrogen-bond acceptors (Lipinski definition) is 3. The van der Waals surface area contributed by atoms with E-state index in [1.807, 2.05) is 0 Å². The SMILES string of the molecule is O=c1c2c(nc3nc[nH]n13)CCCC2. The summed E-state index contributed by atoms with van der Waals surface area (Å²) in [5.41, 5.74) is 1.81. The topological polar surface area (TPSA) is 63.0 Å². The molecule has 3 rings (SSSR count). The average molecular weight is 190 g/mol. The molecule has 0 unspecified atom stereocenters. The number of nitrogens with zero attached hydrogens (tertiary/aromatic N) is 3. The molecule has 0 saturated heterocycles. The van der Waals surface area contributed by atoms with Crippen LogP contribution in [0.25, 0.3) is 5.78 Å². The summed E-state index contributed by atoms with van der Waals surface area (Å²) in [6.45, 7) is 0. The number of rotatable bonds is 0. The van der Waals surface area contributed by atoms with Crippen LogP contribution >= 0.6 is 0 Å². The zero-order valence-electron chi connectivity index (χ0n) is 7.66. The molecule has 0 bridgehead atoms. The van der Waals surface area contributed by atoms with E-state index in [1.165, 1.54) is 10.8 Å². The van der Waals surface area contributed by atoms with E-state index < -0.39 is 0 Å². The second-order valence-electron chi connectivity index (χ2n) is 3.57. The molecule has 5 nitrogen and oxygen atoms in total. The van der Waals surface area contributed by atoms with Crippen LogP contribution in [0.3, 0.4) is 0 Å². The van der Waals surface area contributed by atoms with E-state index in [2.05, 4.69) is 15.1 Å². The van der Waals surface area contributed by atoms with Crippen molar-refractivity contribution in [1.82, 2.24) is 19.6 Å². The highest BCUT2D eigenvalue weighted by Gasteiger charge is 2.16. The molecule has 0 spiro atoms. The van der Waals surface area contributed by atoms with Gasteiger partial charge in [-0.3, -0.25) is 9.89 Å². The molecule has 0 saturated carbocycles. The van der Waals surface area contributed by atoms with Crippen molar-refractivity contribution < 1.29 is 0 Å². The molecule has 1 N–H and O–H groups in total. The monoisotopic (exact) mass is 190 g/mol. The number of aromatic nitrogens is 4. The molecule has 2 aromatic heterocycles. The summed E-state index contributed by atoms with van der Waals surface area (Å²) in [5, 5.41) is 2.77. The Kier molecular flexibility index (Phi) is 1.47. The van der Waals surface area contributed by atoms with E-state index in [1.54, 1.807) is 0 Å². The van der Waals surface area contributed by atoms with Crippen molar-refractivity contribution in [3.05, 3.63) is 27.9 Å². The number of aromatic amines is 1. The van der Waals surface area contributed by atoms with E-state index >= 15 is 0 Å². The third-order valence-electron chi connectivity index (χ3n) is 2.70.